The third-order valence-corrected chi connectivity index (χ3v) is 3.94. The average molecular weight is 368 g/mol. The van der Waals surface area contributed by atoms with Crippen LogP contribution in [0.5, 0.6) is 5.75 Å². The van der Waals surface area contributed by atoms with Gasteiger partial charge < -0.3 is 18.6 Å². The molecule has 0 bridgehead atoms. The van der Waals surface area contributed by atoms with Crippen molar-refractivity contribution in [2.75, 3.05) is 14.2 Å². The molecule has 0 saturated heterocycles. The molecule has 138 valence electrons. The Kier molecular flexibility index (Phi) is 5.21. The Labute approximate surface area is 154 Å². The summed E-state index contributed by atoms with van der Waals surface area (Å²) in [6, 6.07) is 12.2. The van der Waals surface area contributed by atoms with E-state index < -0.39 is 17.6 Å². The predicted octanol–water partition coefficient (Wildman–Crippen LogP) is 2.95. The Morgan fingerprint density at radius 3 is 2.22 bits per heavy atom. The molecule has 0 amide bonds. The minimum absolute atomic E-state index is 0.105. The Morgan fingerprint density at radius 2 is 1.59 bits per heavy atom. The summed E-state index contributed by atoms with van der Waals surface area (Å²) in [5.41, 5.74) is 0.911. The van der Waals surface area contributed by atoms with E-state index in [1.165, 1.54) is 44.6 Å². The summed E-state index contributed by atoms with van der Waals surface area (Å²) in [7, 11) is 2.79. The van der Waals surface area contributed by atoms with Gasteiger partial charge in [0.05, 0.1) is 25.3 Å². The molecule has 0 aliphatic carbocycles. The first-order valence-electron chi connectivity index (χ1n) is 7.98. The summed E-state index contributed by atoms with van der Waals surface area (Å²) in [6.07, 6.45) is 0. The predicted molar refractivity (Wildman–Crippen MR) is 95.9 cm³/mol. The van der Waals surface area contributed by atoms with Crippen molar-refractivity contribution >= 4 is 22.9 Å². The highest BCUT2D eigenvalue weighted by Crippen LogP contribution is 2.23. The lowest BCUT2D eigenvalue weighted by Crippen LogP contribution is -2.08. The zero-order chi connectivity index (χ0) is 19.4. The van der Waals surface area contributed by atoms with Crippen LogP contribution in [0.3, 0.4) is 0 Å². The van der Waals surface area contributed by atoms with Crippen LogP contribution in [-0.4, -0.2) is 26.2 Å². The molecule has 3 rings (SSSR count). The van der Waals surface area contributed by atoms with Crippen LogP contribution in [0.25, 0.3) is 11.0 Å². The summed E-state index contributed by atoms with van der Waals surface area (Å²) in [5, 5.41) is 0.643. The van der Waals surface area contributed by atoms with Gasteiger partial charge in [0.15, 0.2) is 0 Å². The molecular weight excluding hydrogens is 352 g/mol. The van der Waals surface area contributed by atoms with Gasteiger partial charge in [-0.15, -0.1) is 0 Å². The number of esters is 2. The molecule has 1 aromatic heterocycles. The van der Waals surface area contributed by atoms with E-state index in [0.29, 0.717) is 27.8 Å². The molecule has 0 unspecified atom stereocenters. The monoisotopic (exact) mass is 368 g/mol. The molecule has 0 fully saturated rings. The van der Waals surface area contributed by atoms with Gasteiger partial charge in [0.25, 0.3) is 0 Å². The SMILES string of the molecule is COC(=O)c1ccc(C(=O)OCc2cc(=O)oc3cc(OC)ccc23)cc1. The van der Waals surface area contributed by atoms with Crippen LogP contribution >= 0.6 is 0 Å². The summed E-state index contributed by atoms with van der Waals surface area (Å²) in [4.78, 5) is 35.4. The Balaban J connectivity index is 1.79. The normalized spacial score (nSPS) is 10.4. The molecule has 3 aromatic rings. The first-order chi connectivity index (χ1) is 13.0. The van der Waals surface area contributed by atoms with E-state index >= 15 is 0 Å². The molecule has 0 saturated carbocycles. The van der Waals surface area contributed by atoms with Gasteiger partial charge in [-0.2, -0.15) is 0 Å². The molecular formula is C20H16O7. The smallest absolute Gasteiger partial charge is 0.338 e. The third-order valence-electron chi connectivity index (χ3n) is 3.94. The zero-order valence-electron chi connectivity index (χ0n) is 14.7. The van der Waals surface area contributed by atoms with Crippen molar-refractivity contribution in [1.82, 2.24) is 0 Å². The molecule has 1 heterocycles. The van der Waals surface area contributed by atoms with Gasteiger partial charge in [-0.05, 0) is 36.4 Å². The van der Waals surface area contributed by atoms with Crippen LogP contribution in [0.15, 0.2) is 57.7 Å². The molecule has 0 aliphatic rings. The second-order valence-corrected chi connectivity index (χ2v) is 5.60. The van der Waals surface area contributed by atoms with Crippen LogP contribution < -0.4 is 10.4 Å². The van der Waals surface area contributed by atoms with Gasteiger partial charge in [-0.25, -0.2) is 14.4 Å². The first kappa shape index (κ1) is 18.2. The lowest BCUT2D eigenvalue weighted by molar-refractivity contribution is 0.0472. The number of rotatable bonds is 5. The number of carbonyl (C=O) groups is 2. The minimum atomic E-state index is -0.582. The number of carbonyl (C=O) groups excluding carboxylic acids is 2. The number of fused-ring (bicyclic) bond motifs is 1. The topological polar surface area (TPSA) is 92.0 Å². The summed E-state index contributed by atoms with van der Waals surface area (Å²) < 4.78 is 20.2. The highest BCUT2D eigenvalue weighted by atomic mass is 16.5. The minimum Gasteiger partial charge on any atom is -0.497 e. The maximum Gasteiger partial charge on any atom is 0.338 e. The average Bonchev–Trinajstić information content (AvgIpc) is 2.70. The lowest BCUT2D eigenvalue weighted by Gasteiger charge is -2.08. The highest BCUT2D eigenvalue weighted by molar-refractivity contribution is 5.93. The van der Waals surface area contributed by atoms with E-state index in [1.807, 2.05) is 0 Å². The largest absolute Gasteiger partial charge is 0.497 e. The van der Waals surface area contributed by atoms with Gasteiger partial charge in [0.2, 0.25) is 0 Å². The van der Waals surface area contributed by atoms with Gasteiger partial charge in [0.1, 0.15) is 17.9 Å². The fraction of sp³-hybridized carbons (Fsp3) is 0.150. The van der Waals surface area contributed by atoms with Crippen LogP contribution in [0.1, 0.15) is 26.3 Å². The summed E-state index contributed by atoms with van der Waals surface area (Å²) >= 11 is 0. The van der Waals surface area contributed by atoms with E-state index in [0.717, 1.165) is 0 Å². The van der Waals surface area contributed by atoms with Gasteiger partial charge in [-0.1, -0.05) is 0 Å². The van der Waals surface area contributed by atoms with Gasteiger partial charge in [0, 0.05) is 23.1 Å². The summed E-state index contributed by atoms with van der Waals surface area (Å²) in [5.74, 6) is -0.528. The fourth-order valence-corrected chi connectivity index (χ4v) is 2.54. The lowest BCUT2D eigenvalue weighted by atomic mass is 10.1. The van der Waals surface area contributed by atoms with Crippen molar-refractivity contribution in [3.8, 4) is 5.75 Å². The van der Waals surface area contributed by atoms with Crippen molar-refractivity contribution in [3.05, 3.63) is 75.6 Å². The van der Waals surface area contributed by atoms with Crippen LogP contribution in [-0.2, 0) is 16.1 Å². The second-order valence-electron chi connectivity index (χ2n) is 5.60. The highest BCUT2D eigenvalue weighted by Gasteiger charge is 2.13. The number of benzene rings is 2. The van der Waals surface area contributed by atoms with E-state index in [9.17, 15) is 14.4 Å². The summed E-state index contributed by atoms with van der Waals surface area (Å²) in [6.45, 7) is -0.105. The van der Waals surface area contributed by atoms with Crippen molar-refractivity contribution in [2.45, 2.75) is 6.61 Å². The van der Waals surface area contributed by atoms with Crippen molar-refractivity contribution in [2.24, 2.45) is 0 Å². The molecule has 0 aliphatic heterocycles. The number of hydrogen-bond donors (Lipinski definition) is 0. The van der Waals surface area contributed by atoms with E-state index in [4.69, 9.17) is 13.9 Å². The molecule has 2 aromatic carbocycles. The molecule has 0 atom stereocenters. The maximum atomic E-state index is 12.2. The van der Waals surface area contributed by atoms with Crippen LogP contribution in [0.4, 0.5) is 0 Å². The quantitative estimate of drug-likeness (QED) is 0.505. The Hall–Kier alpha value is -3.61. The van der Waals surface area contributed by atoms with E-state index in [1.54, 1.807) is 18.2 Å². The molecule has 0 spiro atoms. The van der Waals surface area contributed by atoms with Gasteiger partial charge >= 0.3 is 17.6 Å². The standard InChI is InChI=1S/C20H16O7/c1-24-15-7-8-16-14(9-18(21)27-17(16)10-15)11-26-20(23)13-5-3-12(4-6-13)19(22)25-2/h3-10H,11H2,1-2H3. The Bertz CT molecular complexity index is 1050. The van der Waals surface area contributed by atoms with Crippen molar-refractivity contribution in [1.29, 1.82) is 0 Å². The molecule has 7 nitrogen and oxygen atoms in total. The molecule has 27 heavy (non-hydrogen) atoms. The Morgan fingerprint density at radius 1 is 0.926 bits per heavy atom. The maximum absolute atomic E-state index is 12.2. The number of methoxy groups -OCH3 is 2. The second kappa shape index (κ2) is 7.74. The van der Waals surface area contributed by atoms with Gasteiger partial charge in [-0.3, -0.25) is 0 Å². The van der Waals surface area contributed by atoms with E-state index in [2.05, 4.69) is 4.74 Å². The number of ether oxygens (including phenoxy) is 3. The molecule has 0 N–H and O–H groups in total. The van der Waals surface area contributed by atoms with Crippen LogP contribution in [0.2, 0.25) is 0 Å². The number of hydrogen-bond acceptors (Lipinski definition) is 7. The third kappa shape index (κ3) is 3.98. The first-order valence-corrected chi connectivity index (χ1v) is 7.98. The van der Waals surface area contributed by atoms with Crippen molar-refractivity contribution < 1.29 is 28.2 Å². The zero-order valence-corrected chi connectivity index (χ0v) is 14.7. The fourth-order valence-electron chi connectivity index (χ4n) is 2.54. The van der Waals surface area contributed by atoms with E-state index in [-0.39, 0.29) is 12.2 Å². The molecule has 0 radical (unpaired) electrons. The van der Waals surface area contributed by atoms with Crippen LogP contribution in [0, 0.1) is 0 Å². The molecule has 7 heteroatoms. The van der Waals surface area contributed by atoms with Crippen molar-refractivity contribution in [3.63, 3.8) is 0 Å².